The van der Waals surface area contributed by atoms with E-state index in [9.17, 15) is 18.0 Å². The van der Waals surface area contributed by atoms with Crippen molar-refractivity contribution in [1.82, 2.24) is 35.3 Å². The van der Waals surface area contributed by atoms with Gasteiger partial charge in [0.15, 0.2) is 0 Å². The fraction of sp³-hybridized carbons (Fsp3) is 0.200. The lowest BCUT2D eigenvalue weighted by molar-refractivity contribution is -0.145. The molecule has 4 rings (SSSR count). The predicted octanol–water partition coefficient (Wildman–Crippen LogP) is 3.66. The molecule has 35 heavy (non-hydrogen) atoms. The molecule has 2 aromatic heterocycles. The van der Waals surface area contributed by atoms with Gasteiger partial charge in [-0.25, -0.2) is 4.68 Å². The van der Waals surface area contributed by atoms with Crippen molar-refractivity contribution in [3.63, 3.8) is 0 Å². The van der Waals surface area contributed by atoms with Crippen LogP contribution in [-0.2, 0) is 12.7 Å². The van der Waals surface area contributed by atoms with Gasteiger partial charge in [0.25, 0.3) is 11.7 Å². The third-order valence-electron chi connectivity index (χ3n) is 4.75. The zero-order valence-corrected chi connectivity index (χ0v) is 20.1. The molecule has 1 aromatic carbocycles. The number of aromatic nitrogens is 6. The molecule has 1 aliphatic rings. The number of nitrogens with zero attached hydrogens (tertiary/aromatic N) is 7. The number of allylic oxidation sites excluding steroid dienone is 2. The summed E-state index contributed by atoms with van der Waals surface area (Å²) >= 11 is 9.65. The fourth-order valence-electron chi connectivity index (χ4n) is 3.21. The van der Waals surface area contributed by atoms with E-state index in [1.807, 2.05) is 6.07 Å². The number of benzene rings is 1. The summed E-state index contributed by atoms with van der Waals surface area (Å²) in [7, 11) is 0. The van der Waals surface area contributed by atoms with E-state index in [1.54, 1.807) is 31.2 Å². The van der Waals surface area contributed by atoms with Crippen molar-refractivity contribution in [3.8, 4) is 6.07 Å². The van der Waals surface area contributed by atoms with Crippen LogP contribution < -0.4 is 10.6 Å². The molecule has 15 heteroatoms. The quantitative estimate of drug-likeness (QED) is 0.481. The summed E-state index contributed by atoms with van der Waals surface area (Å²) in [6.07, 6.45) is -1.34. The SMILES string of the molecule is Cc1cc(C#N)cc(Br)c1NC(=O)c1cc(Cn2nnc(C(F)(F)F)n2)nn1C1=C(Cl)C=CCN1. The minimum absolute atomic E-state index is 0.0442. The molecule has 0 spiro atoms. The van der Waals surface area contributed by atoms with Gasteiger partial charge in [-0.05, 0) is 57.9 Å². The maximum Gasteiger partial charge on any atom is 0.455 e. The van der Waals surface area contributed by atoms with Crippen LogP contribution in [-0.4, -0.2) is 42.4 Å². The lowest BCUT2D eigenvalue weighted by atomic mass is 10.1. The Balaban J connectivity index is 1.71. The minimum Gasteiger partial charge on any atom is -0.365 e. The Hall–Kier alpha value is -3.70. The van der Waals surface area contributed by atoms with Crippen molar-refractivity contribution in [1.29, 1.82) is 5.26 Å². The second kappa shape index (κ2) is 9.51. The van der Waals surface area contributed by atoms with E-state index in [0.29, 0.717) is 33.7 Å². The molecule has 0 saturated heterocycles. The summed E-state index contributed by atoms with van der Waals surface area (Å²) < 4.78 is 40.2. The smallest absolute Gasteiger partial charge is 0.365 e. The van der Waals surface area contributed by atoms with Gasteiger partial charge in [-0.1, -0.05) is 17.7 Å². The number of hydrogen-bond acceptors (Lipinski definition) is 7. The molecule has 2 N–H and O–H groups in total. The Labute approximate surface area is 209 Å². The first kappa shape index (κ1) is 24.4. The number of hydrogen-bond donors (Lipinski definition) is 2. The molecule has 1 amide bonds. The molecule has 0 aliphatic carbocycles. The zero-order chi connectivity index (χ0) is 25.3. The number of carbonyl (C=O) groups is 1. The van der Waals surface area contributed by atoms with Crippen molar-refractivity contribution in [2.24, 2.45) is 0 Å². The predicted molar refractivity (Wildman–Crippen MR) is 122 cm³/mol. The molecule has 10 nitrogen and oxygen atoms in total. The Kier molecular flexibility index (Phi) is 6.64. The largest absolute Gasteiger partial charge is 0.455 e. The van der Waals surface area contributed by atoms with Crippen LogP contribution in [0.3, 0.4) is 0 Å². The normalized spacial score (nSPS) is 13.5. The van der Waals surface area contributed by atoms with Crippen LogP contribution in [0.5, 0.6) is 0 Å². The molecular formula is C20H14BrClF3N9O. The topological polar surface area (TPSA) is 126 Å². The number of amides is 1. The number of dihydropyridines is 1. The van der Waals surface area contributed by atoms with Gasteiger partial charge in [-0.3, -0.25) is 4.79 Å². The van der Waals surface area contributed by atoms with Crippen molar-refractivity contribution >= 4 is 44.9 Å². The average Bonchev–Trinajstić information content (AvgIpc) is 3.44. The highest BCUT2D eigenvalue weighted by Crippen LogP contribution is 2.29. The summed E-state index contributed by atoms with van der Waals surface area (Å²) in [5, 5.41) is 29.3. The van der Waals surface area contributed by atoms with Gasteiger partial charge >= 0.3 is 6.18 Å². The van der Waals surface area contributed by atoms with Gasteiger partial charge in [0.1, 0.15) is 18.1 Å². The Bertz CT molecular complexity index is 1390. The Morgan fingerprint density at radius 3 is 2.74 bits per heavy atom. The number of tetrazole rings is 1. The van der Waals surface area contributed by atoms with Gasteiger partial charge < -0.3 is 10.6 Å². The molecule has 0 bridgehead atoms. The van der Waals surface area contributed by atoms with Crippen LogP contribution in [0.15, 0.2) is 39.9 Å². The molecule has 0 atom stereocenters. The van der Waals surface area contributed by atoms with E-state index in [4.69, 9.17) is 16.9 Å². The fourth-order valence-corrected chi connectivity index (χ4v) is 4.10. The molecule has 3 heterocycles. The second-order valence-corrected chi connectivity index (χ2v) is 8.53. The van der Waals surface area contributed by atoms with Crippen LogP contribution >= 0.6 is 27.5 Å². The third-order valence-corrected chi connectivity index (χ3v) is 5.68. The Morgan fingerprint density at radius 2 is 2.11 bits per heavy atom. The highest BCUT2D eigenvalue weighted by Gasteiger charge is 2.37. The van der Waals surface area contributed by atoms with E-state index >= 15 is 0 Å². The number of anilines is 1. The van der Waals surface area contributed by atoms with Crippen molar-refractivity contribution in [3.05, 3.63) is 68.2 Å². The highest BCUT2D eigenvalue weighted by atomic mass is 79.9. The van der Waals surface area contributed by atoms with Crippen molar-refractivity contribution in [2.75, 3.05) is 11.9 Å². The number of aryl methyl sites for hydroxylation is 1. The summed E-state index contributed by atoms with van der Waals surface area (Å²) in [4.78, 5) is 14.0. The van der Waals surface area contributed by atoms with E-state index < -0.39 is 17.9 Å². The van der Waals surface area contributed by atoms with Crippen LogP contribution in [0.25, 0.3) is 5.82 Å². The van der Waals surface area contributed by atoms with Crippen molar-refractivity contribution in [2.45, 2.75) is 19.6 Å². The molecule has 3 aromatic rings. The van der Waals surface area contributed by atoms with Crippen LogP contribution in [0.1, 0.15) is 33.1 Å². The molecule has 0 unspecified atom stereocenters. The Morgan fingerprint density at radius 1 is 1.34 bits per heavy atom. The van der Waals surface area contributed by atoms with Gasteiger partial charge in [-0.15, -0.1) is 10.2 Å². The second-order valence-electron chi connectivity index (χ2n) is 7.27. The van der Waals surface area contributed by atoms with Gasteiger partial charge in [0.2, 0.25) is 0 Å². The molecular weight excluding hydrogens is 555 g/mol. The molecule has 0 radical (unpaired) electrons. The molecule has 1 aliphatic heterocycles. The number of carbonyl (C=O) groups excluding carboxylic acids is 1. The number of alkyl halides is 3. The van der Waals surface area contributed by atoms with E-state index in [0.717, 1.165) is 4.80 Å². The first-order valence-electron chi connectivity index (χ1n) is 9.83. The first-order chi connectivity index (χ1) is 16.6. The zero-order valence-electron chi connectivity index (χ0n) is 17.7. The summed E-state index contributed by atoms with van der Waals surface area (Å²) in [5.74, 6) is -1.65. The summed E-state index contributed by atoms with van der Waals surface area (Å²) in [6.45, 7) is 1.86. The van der Waals surface area contributed by atoms with E-state index in [1.165, 1.54) is 10.7 Å². The monoisotopic (exact) mass is 567 g/mol. The number of rotatable bonds is 5. The average molecular weight is 569 g/mol. The summed E-state index contributed by atoms with van der Waals surface area (Å²) in [5.41, 5.74) is 1.71. The third kappa shape index (κ3) is 5.20. The maximum absolute atomic E-state index is 13.3. The first-order valence-corrected chi connectivity index (χ1v) is 11.0. The van der Waals surface area contributed by atoms with Gasteiger partial charge in [0.05, 0.1) is 28.0 Å². The molecule has 0 fully saturated rings. The van der Waals surface area contributed by atoms with E-state index in [2.05, 4.69) is 47.1 Å². The van der Waals surface area contributed by atoms with Crippen LogP contribution in [0.2, 0.25) is 0 Å². The standard InChI is InChI=1S/C20H14BrClF3N9O/c1-10-5-11(8-26)6-13(21)16(10)28-18(35)15-7-12(9-33-31-19(29-32-33)20(23,24)25)30-34(15)17-14(22)3-2-4-27-17/h2-3,5-7,27H,4,9H2,1H3,(H,28,35). The lowest BCUT2D eigenvalue weighted by Crippen LogP contribution is -2.26. The van der Waals surface area contributed by atoms with E-state index in [-0.39, 0.29) is 23.0 Å². The minimum atomic E-state index is -4.74. The molecule has 0 saturated carbocycles. The number of halogens is 5. The summed E-state index contributed by atoms with van der Waals surface area (Å²) in [6, 6.07) is 6.60. The number of nitriles is 1. The van der Waals surface area contributed by atoms with Crippen molar-refractivity contribution < 1.29 is 18.0 Å². The van der Waals surface area contributed by atoms with Crippen LogP contribution in [0.4, 0.5) is 18.9 Å². The number of nitrogens with one attached hydrogen (secondary N) is 2. The lowest BCUT2D eigenvalue weighted by Gasteiger charge is -2.17. The van der Waals surface area contributed by atoms with Gasteiger partial charge in [0, 0.05) is 11.0 Å². The van der Waals surface area contributed by atoms with Crippen LogP contribution in [0, 0.1) is 18.3 Å². The molecule has 180 valence electrons. The maximum atomic E-state index is 13.3. The highest BCUT2D eigenvalue weighted by molar-refractivity contribution is 9.10. The van der Waals surface area contributed by atoms with Gasteiger partial charge in [-0.2, -0.15) is 28.3 Å².